The molecule has 2 aromatic carbocycles. The maximum Gasteiger partial charge on any atom is 0.365 e. The van der Waals surface area contributed by atoms with Gasteiger partial charge in [-0.3, -0.25) is 18.9 Å². The number of carbonyl (C=O) groups excluding carboxylic acids is 2. The van der Waals surface area contributed by atoms with E-state index in [0.29, 0.717) is 29.8 Å². The lowest BCUT2D eigenvalue weighted by Crippen LogP contribution is -2.53. The van der Waals surface area contributed by atoms with E-state index in [1.807, 2.05) is 37.3 Å². The fourth-order valence-corrected chi connectivity index (χ4v) is 9.41. The Kier molecular flexibility index (Phi) is 17.0. The molecule has 17 heteroatoms. The summed E-state index contributed by atoms with van der Waals surface area (Å²) in [5.74, 6) is -3.22. The second-order valence-corrected chi connectivity index (χ2v) is 19.8. The third-order valence-electron chi connectivity index (χ3n) is 11.1. The summed E-state index contributed by atoms with van der Waals surface area (Å²) in [6, 6.07) is 14.2. The molecule has 0 radical (unpaired) electrons. The second kappa shape index (κ2) is 21.3. The molecule has 4 rings (SSSR count). The largest absolute Gasteiger partial charge is 0.481 e. The lowest BCUT2D eigenvalue weighted by molar-refractivity contribution is -0.448. The zero-order valence-corrected chi connectivity index (χ0v) is 38.2. The molecule has 1 unspecified atom stereocenters. The van der Waals surface area contributed by atoms with Gasteiger partial charge < -0.3 is 25.7 Å². The number of amides is 2. The van der Waals surface area contributed by atoms with Crippen LogP contribution in [-0.2, 0) is 39.9 Å². The van der Waals surface area contributed by atoms with Crippen LogP contribution in [-0.4, -0.2) is 110 Å². The van der Waals surface area contributed by atoms with Gasteiger partial charge in [-0.25, -0.2) is 12.7 Å². The number of aliphatic carboxylic acids is 1. The molecule has 62 heavy (non-hydrogen) atoms. The van der Waals surface area contributed by atoms with Gasteiger partial charge in [-0.05, 0) is 79.7 Å². The van der Waals surface area contributed by atoms with Gasteiger partial charge in [-0.15, -0.1) is 0 Å². The Morgan fingerprint density at radius 2 is 1.58 bits per heavy atom. The SMILES string of the molecule is CCCCN1C(=CC=C2C=C(C=CC(O)=[N+](CCC)c3ccc(S(=O)(=O)N(C)CCCC(=O)O)cc3)CC(C(=O)NCC)(C(=O)NCCS(=O)(=O)O)C2)C(C)(C)c2ccccc21. The Morgan fingerprint density at radius 3 is 2.21 bits per heavy atom. The molecule has 1 heterocycles. The van der Waals surface area contributed by atoms with Crippen LogP contribution in [0.4, 0.5) is 11.4 Å². The van der Waals surface area contributed by atoms with Crippen molar-refractivity contribution in [2.24, 2.45) is 5.41 Å². The number of benzene rings is 2. The van der Waals surface area contributed by atoms with E-state index in [4.69, 9.17) is 5.11 Å². The van der Waals surface area contributed by atoms with Crippen molar-refractivity contribution in [1.82, 2.24) is 14.9 Å². The Bertz CT molecular complexity index is 2350. The molecule has 2 aromatic rings. The van der Waals surface area contributed by atoms with Gasteiger partial charge in [0.15, 0.2) is 6.54 Å². The van der Waals surface area contributed by atoms with Crippen LogP contribution in [0.2, 0.25) is 0 Å². The van der Waals surface area contributed by atoms with Crippen LogP contribution in [0.3, 0.4) is 0 Å². The number of hydrogen-bond acceptors (Lipinski definition) is 8. The molecule has 0 fully saturated rings. The van der Waals surface area contributed by atoms with Crippen LogP contribution in [0, 0.1) is 5.41 Å². The van der Waals surface area contributed by atoms with Crippen molar-refractivity contribution < 1.29 is 50.6 Å². The van der Waals surface area contributed by atoms with Crippen molar-refractivity contribution >= 4 is 55.2 Å². The van der Waals surface area contributed by atoms with Gasteiger partial charge in [0.2, 0.25) is 27.5 Å². The number of rotatable bonds is 21. The molecule has 0 saturated carbocycles. The zero-order valence-electron chi connectivity index (χ0n) is 36.6. The predicted molar refractivity (Wildman–Crippen MR) is 241 cm³/mol. The first kappa shape index (κ1) is 49.6. The number of aliphatic hydroxyl groups is 1. The average molecular weight is 897 g/mol. The molecule has 0 spiro atoms. The molecule has 2 amide bonds. The molecule has 15 nitrogen and oxygen atoms in total. The first-order valence-electron chi connectivity index (χ1n) is 21.0. The van der Waals surface area contributed by atoms with Crippen LogP contribution in [0.25, 0.3) is 0 Å². The van der Waals surface area contributed by atoms with Crippen LogP contribution in [0.15, 0.2) is 101 Å². The topological polar surface area (TPSA) is 214 Å². The minimum Gasteiger partial charge on any atom is -0.481 e. The lowest BCUT2D eigenvalue weighted by atomic mass is 9.70. The number of sulfonamides is 1. The highest BCUT2D eigenvalue weighted by Crippen LogP contribution is 2.48. The molecule has 0 aromatic heterocycles. The molecule has 1 aliphatic carbocycles. The summed E-state index contributed by atoms with van der Waals surface area (Å²) in [7, 11) is -6.93. The molecule has 0 bridgehead atoms. The average Bonchev–Trinajstić information content (AvgIpc) is 3.44. The summed E-state index contributed by atoms with van der Waals surface area (Å²) in [5, 5.41) is 25.9. The normalized spacial score (nSPS) is 19.4. The Morgan fingerprint density at radius 1 is 0.903 bits per heavy atom. The fourth-order valence-electron chi connectivity index (χ4n) is 7.84. The lowest BCUT2D eigenvalue weighted by Gasteiger charge is -2.35. The van der Waals surface area contributed by atoms with Gasteiger partial charge >= 0.3 is 11.9 Å². The molecule has 1 aliphatic heterocycles. The number of nitrogens with one attached hydrogen (secondary N) is 2. The molecule has 0 saturated heterocycles. The maximum absolute atomic E-state index is 14.1. The van der Waals surface area contributed by atoms with Gasteiger partial charge in [0.05, 0.1) is 16.7 Å². The minimum absolute atomic E-state index is 0.00196. The number of unbranched alkanes of at least 4 members (excludes halogenated alkanes) is 1. The van der Waals surface area contributed by atoms with E-state index in [2.05, 4.69) is 48.4 Å². The van der Waals surface area contributed by atoms with Crippen LogP contribution >= 0.6 is 0 Å². The summed E-state index contributed by atoms with van der Waals surface area (Å²) >= 11 is 0. The van der Waals surface area contributed by atoms with Gasteiger partial charge in [0.25, 0.3) is 10.1 Å². The molecule has 2 aliphatic rings. The van der Waals surface area contributed by atoms with Crippen LogP contribution in [0.5, 0.6) is 0 Å². The number of anilines is 1. The van der Waals surface area contributed by atoms with E-state index >= 15 is 0 Å². The second-order valence-electron chi connectivity index (χ2n) is 16.2. The monoisotopic (exact) mass is 896 g/mol. The van der Waals surface area contributed by atoms with E-state index < -0.39 is 55.6 Å². The number of fused-ring (bicyclic) bond motifs is 1. The Labute approximate surface area is 366 Å². The van der Waals surface area contributed by atoms with E-state index in [1.54, 1.807) is 29.7 Å². The standard InChI is InChI=1S/C45H61N5O10S2/c1-7-10-28-50-38-15-12-11-14-37(38)44(4,5)39(50)23-17-33-30-34(32-45(31-33,42(54)46-9-3)43(55)47-25-29-61(56,57)58)18-24-40(51)49(26-8-2)35-19-21-36(22-20-35)62(59,60)48(6)27-13-16-41(52)53/h11-12,14-15,17-24,30H,7-10,13,16,25-29,31-32H2,1-6H3,(H4,46,47,52,53,54,55,56,57,58)/p+1. The summed E-state index contributed by atoms with van der Waals surface area (Å²) < 4.78 is 61.6. The van der Waals surface area contributed by atoms with Gasteiger partial charge in [-0.2, -0.15) is 13.0 Å². The molecule has 1 atom stereocenters. The Hall–Kier alpha value is -5.10. The number of para-hydroxylation sites is 1. The number of carbonyl (C=O) groups is 3. The van der Waals surface area contributed by atoms with Crippen LogP contribution < -0.4 is 15.5 Å². The molecule has 338 valence electrons. The minimum atomic E-state index is -4.41. The predicted octanol–water partition coefficient (Wildman–Crippen LogP) is 5.99. The highest BCUT2D eigenvalue weighted by molar-refractivity contribution is 7.89. The first-order chi connectivity index (χ1) is 29.2. The number of nitrogens with zero attached hydrogens (tertiary/aromatic N) is 3. The van der Waals surface area contributed by atoms with Crippen molar-refractivity contribution in [1.29, 1.82) is 0 Å². The van der Waals surface area contributed by atoms with Crippen molar-refractivity contribution in [3.05, 3.63) is 101 Å². The van der Waals surface area contributed by atoms with Gasteiger partial charge in [0.1, 0.15) is 5.41 Å². The van der Waals surface area contributed by atoms with E-state index in [-0.39, 0.29) is 55.0 Å². The number of carboxylic acids is 1. The summed E-state index contributed by atoms with van der Waals surface area (Å²) in [4.78, 5) is 41.4. The van der Waals surface area contributed by atoms with Gasteiger partial charge in [-0.1, -0.05) is 64.5 Å². The van der Waals surface area contributed by atoms with Crippen molar-refractivity contribution in [3.8, 4) is 0 Å². The van der Waals surface area contributed by atoms with Crippen LogP contribution in [0.1, 0.15) is 85.1 Å². The summed E-state index contributed by atoms with van der Waals surface area (Å²) in [5.41, 5.74) is 2.89. The number of hydrogen-bond donors (Lipinski definition) is 5. The van der Waals surface area contributed by atoms with E-state index in [9.17, 15) is 40.9 Å². The highest BCUT2D eigenvalue weighted by atomic mass is 32.2. The third kappa shape index (κ3) is 12.1. The molecular formula is C45H62N5O10S2+. The molecular weight excluding hydrogens is 835 g/mol. The first-order valence-corrected chi connectivity index (χ1v) is 24.1. The van der Waals surface area contributed by atoms with Crippen molar-refractivity contribution in [2.75, 3.05) is 50.4 Å². The van der Waals surface area contributed by atoms with E-state index in [1.165, 1.54) is 30.8 Å². The quantitative estimate of drug-likeness (QED) is 0.0323. The van der Waals surface area contributed by atoms with E-state index in [0.717, 1.165) is 35.1 Å². The smallest absolute Gasteiger partial charge is 0.365 e. The summed E-state index contributed by atoms with van der Waals surface area (Å²) in [6.45, 7) is 11.1. The van der Waals surface area contributed by atoms with Crippen molar-refractivity contribution in [2.45, 2.75) is 89.9 Å². The van der Waals surface area contributed by atoms with Crippen molar-refractivity contribution in [3.63, 3.8) is 0 Å². The summed E-state index contributed by atoms with van der Waals surface area (Å²) in [6.07, 6.45) is 11.3. The number of carboxylic acid groups (broad SMARTS) is 1. The van der Waals surface area contributed by atoms with Gasteiger partial charge in [0, 0.05) is 75.0 Å². The highest BCUT2D eigenvalue weighted by Gasteiger charge is 2.48. The maximum atomic E-state index is 14.1. The Balaban J connectivity index is 1.80. The fraction of sp³-hybridized carbons (Fsp3) is 0.467. The number of aliphatic hydroxyl groups excluding tert-OH is 1. The third-order valence-corrected chi connectivity index (χ3v) is 13.7. The molecule has 5 N–H and O–H groups in total. The number of allylic oxidation sites excluding steroid dienone is 7. The zero-order chi connectivity index (χ0) is 45.9.